The van der Waals surface area contributed by atoms with E-state index >= 15 is 0 Å². The van der Waals surface area contributed by atoms with Gasteiger partial charge in [-0.3, -0.25) is 4.90 Å². The summed E-state index contributed by atoms with van der Waals surface area (Å²) in [6.45, 7) is 2.38. The first kappa shape index (κ1) is 22.5. The van der Waals surface area contributed by atoms with E-state index in [1.165, 1.54) is 19.3 Å². The van der Waals surface area contributed by atoms with Crippen molar-refractivity contribution in [3.8, 4) is 22.8 Å². The minimum Gasteiger partial charge on any atom is -0.478 e. The molecule has 2 aromatic rings. The summed E-state index contributed by atoms with van der Waals surface area (Å²) in [7, 11) is 2.26. The predicted molar refractivity (Wildman–Crippen MR) is 119 cm³/mol. The van der Waals surface area contributed by atoms with Crippen LogP contribution >= 0.6 is 0 Å². The Morgan fingerprint density at radius 3 is 2.24 bits per heavy atom. The number of nitrogens with zero attached hydrogens (tertiary/aromatic N) is 4. The molecule has 2 unspecified atom stereocenters. The van der Waals surface area contributed by atoms with Gasteiger partial charge in [-0.25, -0.2) is 9.59 Å². The molecular formula is C23H26N4O6. The van der Waals surface area contributed by atoms with E-state index in [-0.39, 0.29) is 6.79 Å². The molecule has 10 nitrogen and oxygen atoms in total. The van der Waals surface area contributed by atoms with E-state index in [1.54, 1.807) is 0 Å². The topological polar surface area (TPSA) is 125 Å². The molecule has 2 N–H and O–H groups in total. The summed E-state index contributed by atoms with van der Waals surface area (Å²) in [5.41, 5.74) is 1.86. The van der Waals surface area contributed by atoms with Crippen LogP contribution in [0.5, 0.6) is 11.5 Å². The molecule has 0 radical (unpaired) electrons. The summed E-state index contributed by atoms with van der Waals surface area (Å²) in [6.07, 6.45) is 5.03. The second-order valence-electron chi connectivity index (χ2n) is 8.16. The lowest BCUT2D eigenvalue weighted by molar-refractivity contribution is -0.134. The van der Waals surface area contributed by atoms with Crippen molar-refractivity contribution in [3.05, 3.63) is 42.5 Å². The van der Waals surface area contributed by atoms with Gasteiger partial charge in [-0.2, -0.15) is 0 Å². The minimum absolute atomic E-state index is 0.287. The molecule has 0 spiro atoms. The summed E-state index contributed by atoms with van der Waals surface area (Å²) >= 11 is 0. The van der Waals surface area contributed by atoms with E-state index in [2.05, 4.69) is 33.1 Å². The van der Waals surface area contributed by atoms with Crippen molar-refractivity contribution in [2.45, 2.75) is 31.3 Å². The molecule has 2 saturated heterocycles. The Labute approximate surface area is 191 Å². The highest BCUT2D eigenvalue weighted by molar-refractivity contribution is 5.89. The van der Waals surface area contributed by atoms with E-state index in [0.717, 1.165) is 41.7 Å². The number of hydrogen-bond donors (Lipinski definition) is 2. The van der Waals surface area contributed by atoms with Gasteiger partial charge >= 0.3 is 11.9 Å². The van der Waals surface area contributed by atoms with Gasteiger partial charge in [0, 0.05) is 42.9 Å². The largest absolute Gasteiger partial charge is 0.478 e. The number of carboxylic acid groups (broad SMARTS) is 2. The zero-order valence-corrected chi connectivity index (χ0v) is 18.3. The average molecular weight is 454 g/mol. The van der Waals surface area contributed by atoms with Crippen LogP contribution < -0.4 is 14.4 Å². The van der Waals surface area contributed by atoms with Crippen LogP contribution in [0.4, 0.5) is 5.82 Å². The molecule has 174 valence electrons. The van der Waals surface area contributed by atoms with Crippen LogP contribution in [0.2, 0.25) is 0 Å². The zero-order chi connectivity index (χ0) is 23.4. The summed E-state index contributed by atoms with van der Waals surface area (Å²) in [6, 6.07) is 11.3. The molecule has 33 heavy (non-hydrogen) atoms. The van der Waals surface area contributed by atoms with E-state index in [9.17, 15) is 9.59 Å². The number of benzene rings is 1. The van der Waals surface area contributed by atoms with Crippen molar-refractivity contribution in [1.82, 2.24) is 15.1 Å². The van der Waals surface area contributed by atoms with Crippen molar-refractivity contribution in [3.63, 3.8) is 0 Å². The van der Waals surface area contributed by atoms with Crippen molar-refractivity contribution >= 4 is 17.8 Å². The molecule has 1 aromatic carbocycles. The molecule has 2 fully saturated rings. The monoisotopic (exact) mass is 454 g/mol. The van der Waals surface area contributed by atoms with Gasteiger partial charge in [0.1, 0.15) is 0 Å². The molecule has 2 bridgehead atoms. The van der Waals surface area contributed by atoms with Crippen molar-refractivity contribution in [2.75, 3.05) is 31.8 Å². The first-order valence-corrected chi connectivity index (χ1v) is 10.8. The first-order valence-electron chi connectivity index (χ1n) is 10.8. The Hall–Kier alpha value is -3.66. The standard InChI is InChI=1S/C19H22N4O2.C4H4O4/c1-22-14-3-2-4-15(22)11-23(10-14)19-8-6-16(20-21-19)13-5-7-17-18(9-13)25-12-24-17;5-3(6)1-2-4(7)8/h5-9,14-15H,2-4,10-12H2,1H3;1-2H,(H,5,6)(H,7,8)/b;2-1+. The maximum Gasteiger partial charge on any atom is 0.328 e. The number of likely N-dealkylation sites (N-methyl/N-ethyl adjacent to an activating group) is 1. The van der Waals surface area contributed by atoms with Crippen molar-refractivity contribution in [1.29, 1.82) is 0 Å². The van der Waals surface area contributed by atoms with Gasteiger partial charge in [-0.1, -0.05) is 6.42 Å². The summed E-state index contributed by atoms with van der Waals surface area (Å²) in [5.74, 6) is 0.0295. The second-order valence-corrected chi connectivity index (χ2v) is 8.16. The normalized spacial score (nSPS) is 21.4. The van der Waals surface area contributed by atoms with E-state index in [4.69, 9.17) is 19.7 Å². The molecule has 0 amide bonds. The van der Waals surface area contributed by atoms with Crippen LogP contribution in [-0.4, -0.2) is 76.3 Å². The molecular weight excluding hydrogens is 428 g/mol. The molecule has 0 saturated carbocycles. The molecule has 4 heterocycles. The maximum atomic E-state index is 9.55. The highest BCUT2D eigenvalue weighted by Gasteiger charge is 2.35. The highest BCUT2D eigenvalue weighted by atomic mass is 16.7. The highest BCUT2D eigenvalue weighted by Crippen LogP contribution is 2.35. The quantitative estimate of drug-likeness (QED) is 0.665. The van der Waals surface area contributed by atoms with Gasteiger partial charge < -0.3 is 24.6 Å². The fourth-order valence-electron chi connectivity index (χ4n) is 4.35. The molecule has 0 aliphatic carbocycles. The number of hydrogen-bond acceptors (Lipinski definition) is 8. The smallest absolute Gasteiger partial charge is 0.328 e. The number of carbonyl (C=O) groups is 2. The van der Waals surface area contributed by atoms with Gasteiger partial charge in [0.2, 0.25) is 6.79 Å². The molecule has 10 heteroatoms. The lowest BCUT2D eigenvalue weighted by Crippen LogP contribution is -2.59. The third-order valence-corrected chi connectivity index (χ3v) is 6.10. The summed E-state index contributed by atoms with van der Waals surface area (Å²) < 4.78 is 10.8. The van der Waals surface area contributed by atoms with Gasteiger partial charge in [0.15, 0.2) is 17.3 Å². The number of aliphatic carboxylic acids is 2. The van der Waals surface area contributed by atoms with Crippen LogP contribution in [-0.2, 0) is 9.59 Å². The van der Waals surface area contributed by atoms with Gasteiger partial charge in [-0.05, 0) is 50.2 Å². The number of anilines is 1. The fraction of sp³-hybridized carbons (Fsp3) is 0.391. The van der Waals surface area contributed by atoms with Crippen LogP contribution in [0.1, 0.15) is 19.3 Å². The third kappa shape index (κ3) is 5.40. The lowest BCUT2D eigenvalue weighted by Gasteiger charge is -2.48. The number of ether oxygens (including phenoxy) is 2. The predicted octanol–water partition coefficient (Wildman–Crippen LogP) is 2.26. The second kappa shape index (κ2) is 9.86. The number of rotatable bonds is 4. The number of piperazine rings is 1. The Morgan fingerprint density at radius 1 is 0.970 bits per heavy atom. The Bertz CT molecular complexity index is 1010. The third-order valence-electron chi connectivity index (χ3n) is 6.10. The lowest BCUT2D eigenvalue weighted by atomic mass is 9.92. The van der Waals surface area contributed by atoms with Gasteiger partial charge in [0.25, 0.3) is 0 Å². The number of fused-ring (bicyclic) bond motifs is 3. The van der Waals surface area contributed by atoms with E-state index in [1.807, 2.05) is 24.3 Å². The van der Waals surface area contributed by atoms with E-state index < -0.39 is 11.9 Å². The van der Waals surface area contributed by atoms with Crippen molar-refractivity contribution in [2.24, 2.45) is 0 Å². The van der Waals surface area contributed by atoms with Crippen LogP contribution in [0, 0.1) is 0 Å². The Kier molecular flexibility index (Phi) is 6.74. The summed E-state index contributed by atoms with van der Waals surface area (Å²) in [4.78, 5) is 24.1. The van der Waals surface area contributed by atoms with Crippen LogP contribution in [0.15, 0.2) is 42.5 Å². The number of carboxylic acids is 2. The molecule has 2 atom stereocenters. The average Bonchev–Trinajstić information content (AvgIpc) is 3.26. The van der Waals surface area contributed by atoms with Crippen LogP contribution in [0.25, 0.3) is 11.3 Å². The Balaban J connectivity index is 0.000000281. The fourth-order valence-corrected chi connectivity index (χ4v) is 4.35. The Morgan fingerprint density at radius 2 is 1.64 bits per heavy atom. The number of piperidine rings is 1. The van der Waals surface area contributed by atoms with Gasteiger partial charge in [-0.15, -0.1) is 10.2 Å². The van der Waals surface area contributed by atoms with Gasteiger partial charge in [0.05, 0.1) is 5.69 Å². The van der Waals surface area contributed by atoms with Crippen LogP contribution in [0.3, 0.4) is 0 Å². The van der Waals surface area contributed by atoms with E-state index in [0.29, 0.717) is 24.2 Å². The molecule has 1 aromatic heterocycles. The molecule has 5 rings (SSSR count). The zero-order valence-electron chi connectivity index (χ0n) is 18.3. The number of aromatic nitrogens is 2. The summed E-state index contributed by atoms with van der Waals surface area (Å²) in [5, 5.41) is 24.6. The first-order chi connectivity index (χ1) is 15.9. The van der Waals surface area contributed by atoms with Crippen molar-refractivity contribution < 1.29 is 29.3 Å². The maximum absolute atomic E-state index is 9.55. The molecule has 3 aliphatic heterocycles. The minimum atomic E-state index is -1.26. The molecule has 3 aliphatic rings. The SMILES string of the molecule is CN1C2CCCC1CN(c1ccc(-c3ccc4c(c3)OCO4)nn1)C2.O=C(O)/C=C/C(=O)O.